The molecule has 0 amide bonds. The number of halogens is 1. The number of hydrogen-bond acceptors (Lipinski definition) is 2. The van der Waals surface area contributed by atoms with Gasteiger partial charge < -0.3 is 9.30 Å². The lowest BCUT2D eigenvalue weighted by molar-refractivity contribution is 0.343. The second kappa shape index (κ2) is 5.65. The maximum atomic E-state index is 6.36. The summed E-state index contributed by atoms with van der Waals surface area (Å²) in [7, 11) is 0. The van der Waals surface area contributed by atoms with E-state index in [1.165, 1.54) is 25.7 Å². The average molecular weight is 293 g/mol. The first-order chi connectivity index (χ1) is 9.72. The van der Waals surface area contributed by atoms with E-state index >= 15 is 0 Å². The van der Waals surface area contributed by atoms with Gasteiger partial charge in [0.15, 0.2) is 0 Å². The highest BCUT2D eigenvalue weighted by atomic mass is 35.5. The van der Waals surface area contributed by atoms with Crippen LogP contribution < -0.4 is 4.74 Å². The Balaban J connectivity index is 2.19. The van der Waals surface area contributed by atoms with Gasteiger partial charge in [0.1, 0.15) is 17.1 Å². The van der Waals surface area contributed by atoms with Gasteiger partial charge in [-0.1, -0.05) is 18.9 Å². The number of ether oxygens (including phenoxy) is 1. The molecule has 0 radical (unpaired) electrons. The van der Waals surface area contributed by atoms with E-state index in [0.717, 1.165) is 22.6 Å². The van der Waals surface area contributed by atoms with Crippen LogP contribution in [0.15, 0.2) is 18.2 Å². The second-order valence-corrected chi connectivity index (χ2v) is 6.11. The Morgan fingerprint density at radius 3 is 2.80 bits per heavy atom. The van der Waals surface area contributed by atoms with Crippen LogP contribution >= 0.6 is 11.6 Å². The summed E-state index contributed by atoms with van der Waals surface area (Å²) in [5.74, 6) is 1.83. The summed E-state index contributed by atoms with van der Waals surface area (Å²) in [5, 5.41) is -0.0857. The predicted molar refractivity (Wildman–Crippen MR) is 82.7 cm³/mol. The second-order valence-electron chi connectivity index (χ2n) is 5.45. The summed E-state index contributed by atoms with van der Waals surface area (Å²) in [6.07, 6.45) is 5.04. The number of alkyl halides is 1. The number of nitrogens with zero attached hydrogens (tertiary/aromatic N) is 2. The first-order valence-electron chi connectivity index (χ1n) is 7.50. The molecule has 1 unspecified atom stereocenters. The molecule has 1 aliphatic carbocycles. The maximum Gasteiger partial charge on any atom is 0.147 e. The van der Waals surface area contributed by atoms with Gasteiger partial charge in [-0.2, -0.15) is 0 Å². The van der Waals surface area contributed by atoms with Crippen LogP contribution in [-0.2, 0) is 0 Å². The molecule has 1 saturated carbocycles. The van der Waals surface area contributed by atoms with Crippen molar-refractivity contribution in [2.75, 3.05) is 6.61 Å². The molecule has 0 aliphatic heterocycles. The molecule has 2 aromatic rings. The van der Waals surface area contributed by atoms with Gasteiger partial charge in [-0.15, -0.1) is 11.6 Å². The number of para-hydroxylation sites is 1. The van der Waals surface area contributed by atoms with Crippen LogP contribution in [0.2, 0.25) is 0 Å². The fraction of sp³-hybridized carbons (Fsp3) is 0.562. The Kier molecular flexibility index (Phi) is 3.88. The lowest BCUT2D eigenvalue weighted by Crippen LogP contribution is -2.09. The maximum absolute atomic E-state index is 6.36. The van der Waals surface area contributed by atoms with Gasteiger partial charge in [-0.3, -0.25) is 0 Å². The molecule has 3 rings (SSSR count). The highest BCUT2D eigenvalue weighted by Crippen LogP contribution is 2.38. The van der Waals surface area contributed by atoms with E-state index in [0.29, 0.717) is 12.6 Å². The molecule has 0 N–H and O–H groups in total. The van der Waals surface area contributed by atoms with Crippen molar-refractivity contribution >= 4 is 22.6 Å². The molecule has 108 valence electrons. The van der Waals surface area contributed by atoms with E-state index < -0.39 is 0 Å². The zero-order valence-corrected chi connectivity index (χ0v) is 12.9. The van der Waals surface area contributed by atoms with Crippen LogP contribution in [0.3, 0.4) is 0 Å². The third-order valence-electron chi connectivity index (χ3n) is 4.06. The van der Waals surface area contributed by atoms with E-state index in [-0.39, 0.29) is 5.38 Å². The minimum absolute atomic E-state index is 0.0857. The Hall–Kier alpha value is -1.22. The van der Waals surface area contributed by atoms with Crippen molar-refractivity contribution in [1.82, 2.24) is 9.55 Å². The number of fused-ring (bicyclic) bond motifs is 1. The van der Waals surface area contributed by atoms with Crippen molar-refractivity contribution in [2.45, 2.75) is 50.9 Å². The Morgan fingerprint density at radius 1 is 1.40 bits per heavy atom. The number of hydrogen-bond donors (Lipinski definition) is 0. The van der Waals surface area contributed by atoms with Gasteiger partial charge in [0.2, 0.25) is 0 Å². The van der Waals surface area contributed by atoms with E-state index in [1.54, 1.807) is 0 Å². The largest absolute Gasteiger partial charge is 0.492 e. The van der Waals surface area contributed by atoms with Gasteiger partial charge in [0.25, 0.3) is 0 Å². The SMILES string of the molecule is CCOc1cccc2c1nc(C(C)Cl)n2C1CCCC1. The fourth-order valence-electron chi connectivity index (χ4n) is 3.21. The summed E-state index contributed by atoms with van der Waals surface area (Å²) >= 11 is 6.36. The quantitative estimate of drug-likeness (QED) is 0.753. The molecule has 20 heavy (non-hydrogen) atoms. The highest BCUT2D eigenvalue weighted by molar-refractivity contribution is 6.20. The van der Waals surface area contributed by atoms with Crippen molar-refractivity contribution in [3.05, 3.63) is 24.0 Å². The first kappa shape index (κ1) is 13.7. The van der Waals surface area contributed by atoms with Crippen molar-refractivity contribution in [1.29, 1.82) is 0 Å². The normalized spacial score (nSPS) is 17.8. The zero-order chi connectivity index (χ0) is 14.1. The van der Waals surface area contributed by atoms with Crippen LogP contribution in [0.1, 0.15) is 56.8 Å². The summed E-state index contributed by atoms with van der Waals surface area (Å²) in [6, 6.07) is 6.70. The smallest absolute Gasteiger partial charge is 0.147 e. The first-order valence-corrected chi connectivity index (χ1v) is 7.93. The molecule has 3 nitrogen and oxygen atoms in total. The molecular formula is C16H21ClN2O. The van der Waals surface area contributed by atoms with Gasteiger partial charge in [-0.25, -0.2) is 4.98 Å². The Labute approximate surface area is 124 Å². The number of aromatic nitrogens is 2. The predicted octanol–water partition coefficient (Wildman–Crippen LogP) is 4.85. The van der Waals surface area contributed by atoms with Crippen molar-refractivity contribution in [2.24, 2.45) is 0 Å². The average Bonchev–Trinajstić information content (AvgIpc) is 3.05. The summed E-state index contributed by atoms with van der Waals surface area (Å²) in [4.78, 5) is 4.78. The molecule has 1 aromatic heterocycles. The van der Waals surface area contributed by atoms with Gasteiger partial charge in [0.05, 0.1) is 17.5 Å². The van der Waals surface area contributed by atoms with Gasteiger partial charge in [-0.05, 0) is 38.8 Å². The molecule has 1 atom stereocenters. The van der Waals surface area contributed by atoms with Crippen LogP contribution in [0.5, 0.6) is 5.75 Å². The minimum atomic E-state index is -0.0857. The van der Waals surface area contributed by atoms with Crippen LogP contribution in [0.25, 0.3) is 11.0 Å². The number of benzene rings is 1. The van der Waals surface area contributed by atoms with Crippen molar-refractivity contribution in [3.8, 4) is 5.75 Å². The molecule has 0 saturated heterocycles. The zero-order valence-electron chi connectivity index (χ0n) is 12.1. The highest BCUT2D eigenvalue weighted by Gasteiger charge is 2.25. The van der Waals surface area contributed by atoms with Gasteiger partial charge >= 0.3 is 0 Å². The standard InChI is InChI=1S/C16H21ClN2O/c1-3-20-14-10-6-9-13-15(14)18-16(11(2)17)19(13)12-7-4-5-8-12/h6,9-12H,3-5,7-8H2,1-2H3. The monoisotopic (exact) mass is 292 g/mol. The minimum Gasteiger partial charge on any atom is -0.492 e. The molecule has 0 bridgehead atoms. The third-order valence-corrected chi connectivity index (χ3v) is 4.25. The van der Waals surface area contributed by atoms with Crippen LogP contribution in [-0.4, -0.2) is 16.2 Å². The summed E-state index contributed by atoms with van der Waals surface area (Å²) < 4.78 is 8.06. The van der Waals surface area contributed by atoms with Crippen molar-refractivity contribution in [3.63, 3.8) is 0 Å². The lowest BCUT2D eigenvalue weighted by atomic mass is 10.2. The van der Waals surface area contributed by atoms with E-state index in [9.17, 15) is 0 Å². The van der Waals surface area contributed by atoms with Crippen LogP contribution in [0, 0.1) is 0 Å². The molecule has 1 aromatic carbocycles. The molecule has 4 heteroatoms. The summed E-state index contributed by atoms with van der Waals surface area (Å²) in [5.41, 5.74) is 2.11. The molecule has 1 fully saturated rings. The number of rotatable bonds is 4. The number of imidazole rings is 1. The molecule has 1 aliphatic rings. The lowest BCUT2D eigenvalue weighted by Gasteiger charge is -2.17. The van der Waals surface area contributed by atoms with Gasteiger partial charge in [0, 0.05) is 6.04 Å². The van der Waals surface area contributed by atoms with Crippen molar-refractivity contribution < 1.29 is 4.74 Å². The topological polar surface area (TPSA) is 27.1 Å². The Bertz CT molecular complexity index is 600. The van der Waals surface area contributed by atoms with E-state index in [4.69, 9.17) is 21.3 Å². The van der Waals surface area contributed by atoms with E-state index in [2.05, 4.69) is 10.6 Å². The fourth-order valence-corrected chi connectivity index (χ4v) is 3.36. The van der Waals surface area contributed by atoms with Crippen LogP contribution in [0.4, 0.5) is 0 Å². The molecular weight excluding hydrogens is 272 g/mol. The molecule has 0 spiro atoms. The third kappa shape index (κ3) is 2.28. The molecule has 1 heterocycles. The summed E-state index contributed by atoms with van der Waals surface area (Å²) in [6.45, 7) is 4.65. The van der Waals surface area contributed by atoms with E-state index in [1.807, 2.05) is 26.0 Å². The Morgan fingerprint density at radius 2 is 2.15 bits per heavy atom.